The highest BCUT2D eigenvalue weighted by Gasteiger charge is 2.09. The maximum Gasteiger partial charge on any atom is 0.308 e. The Morgan fingerprint density at radius 3 is 3.06 bits per heavy atom. The van der Waals surface area contributed by atoms with Crippen LogP contribution in [-0.2, 0) is 11.3 Å². The Hall–Kier alpha value is -1.14. The van der Waals surface area contributed by atoms with Crippen LogP contribution < -0.4 is 4.87 Å². The third-order valence-electron chi connectivity index (χ3n) is 2.18. The van der Waals surface area contributed by atoms with Crippen LogP contribution >= 0.6 is 27.3 Å². The molecule has 16 heavy (non-hydrogen) atoms. The zero-order chi connectivity index (χ0) is 11.7. The van der Waals surface area contributed by atoms with Gasteiger partial charge in [-0.3, -0.25) is 14.8 Å². The lowest BCUT2D eigenvalue weighted by Crippen LogP contribution is -2.19. The van der Waals surface area contributed by atoms with Gasteiger partial charge in [-0.15, -0.1) is 0 Å². The van der Waals surface area contributed by atoms with Crippen LogP contribution in [0.4, 0.5) is 0 Å². The number of hydrogen-bond acceptors (Lipinski definition) is 4. The molecule has 0 radical (unpaired) electrons. The molecule has 1 aromatic heterocycles. The van der Waals surface area contributed by atoms with Crippen LogP contribution in [0.1, 0.15) is 0 Å². The van der Waals surface area contributed by atoms with Gasteiger partial charge in [0.25, 0.3) is 0 Å². The van der Waals surface area contributed by atoms with E-state index < -0.39 is 0 Å². The van der Waals surface area contributed by atoms with Gasteiger partial charge in [0, 0.05) is 4.47 Å². The SMILES string of the molecule is COC(=N)Cn1c(=O)sc2cc(Br)ccc21. The van der Waals surface area contributed by atoms with Crippen molar-refractivity contribution in [3.8, 4) is 0 Å². The molecule has 0 saturated carbocycles. The molecule has 0 aliphatic carbocycles. The topological polar surface area (TPSA) is 55.1 Å². The van der Waals surface area contributed by atoms with Crippen molar-refractivity contribution in [1.29, 1.82) is 5.41 Å². The van der Waals surface area contributed by atoms with E-state index in [0.717, 1.165) is 14.7 Å². The Morgan fingerprint density at radius 1 is 1.62 bits per heavy atom. The van der Waals surface area contributed by atoms with Gasteiger partial charge >= 0.3 is 4.87 Å². The molecule has 0 atom stereocenters. The van der Waals surface area contributed by atoms with E-state index in [9.17, 15) is 4.79 Å². The molecule has 2 aromatic rings. The number of hydrogen-bond donors (Lipinski definition) is 1. The number of benzene rings is 1. The smallest absolute Gasteiger partial charge is 0.308 e. The maximum absolute atomic E-state index is 11.7. The molecular weight excluding hydrogens is 292 g/mol. The highest BCUT2D eigenvalue weighted by Crippen LogP contribution is 2.21. The standard InChI is InChI=1S/C10H9BrN2O2S/c1-15-9(12)5-13-7-3-2-6(11)4-8(7)16-10(13)14/h2-4,12H,5H2,1H3. The number of ether oxygens (including phenoxy) is 1. The van der Waals surface area contributed by atoms with Crippen molar-refractivity contribution in [3.05, 3.63) is 32.3 Å². The van der Waals surface area contributed by atoms with Crippen LogP contribution in [-0.4, -0.2) is 17.6 Å². The molecule has 0 unspecified atom stereocenters. The summed E-state index contributed by atoms with van der Waals surface area (Å²) in [6.45, 7) is 0.178. The number of aromatic nitrogens is 1. The van der Waals surface area contributed by atoms with E-state index in [0.29, 0.717) is 0 Å². The predicted octanol–water partition coefficient (Wildman–Crippen LogP) is 2.45. The molecular formula is C10H9BrN2O2S. The molecule has 4 nitrogen and oxygen atoms in total. The van der Waals surface area contributed by atoms with Gasteiger partial charge in [0.15, 0.2) is 0 Å². The van der Waals surface area contributed by atoms with Crippen LogP contribution in [0, 0.1) is 5.41 Å². The summed E-state index contributed by atoms with van der Waals surface area (Å²) in [4.78, 5) is 11.6. The van der Waals surface area contributed by atoms with Crippen LogP contribution in [0.5, 0.6) is 0 Å². The second kappa shape index (κ2) is 4.39. The lowest BCUT2D eigenvalue weighted by molar-refractivity contribution is 0.381. The molecule has 84 valence electrons. The van der Waals surface area contributed by atoms with E-state index in [1.165, 1.54) is 23.0 Å². The van der Waals surface area contributed by atoms with Crippen LogP contribution in [0.25, 0.3) is 10.2 Å². The molecule has 0 spiro atoms. The molecule has 0 bridgehead atoms. The summed E-state index contributed by atoms with van der Waals surface area (Å²) in [7, 11) is 1.43. The number of nitrogens with zero attached hydrogens (tertiary/aromatic N) is 1. The minimum Gasteiger partial charge on any atom is -0.483 e. The lowest BCUT2D eigenvalue weighted by atomic mass is 10.3. The Kier molecular flexibility index (Phi) is 3.11. The molecule has 1 aromatic carbocycles. The summed E-state index contributed by atoms with van der Waals surface area (Å²) in [6, 6.07) is 5.63. The zero-order valence-electron chi connectivity index (χ0n) is 8.49. The number of rotatable bonds is 2. The van der Waals surface area contributed by atoms with E-state index in [2.05, 4.69) is 15.9 Å². The molecule has 0 fully saturated rings. The number of halogens is 1. The van der Waals surface area contributed by atoms with Gasteiger partial charge in [0.05, 0.1) is 17.3 Å². The highest BCUT2D eigenvalue weighted by atomic mass is 79.9. The van der Waals surface area contributed by atoms with E-state index in [1.54, 1.807) is 0 Å². The van der Waals surface area contributed by atoms with Gasteiger partial charge in [0.1, 0.15) is 6.54 Å². The van der Waals surface area contributed by atoms with Gasteiger partial charge < -0.3 is 4.74 Å². The second-order valence-electron chi connectivity index (χ2n) is 3.19. The van der Waals surface area contributed by atoms with Crippen molar-refractivity contribution in [2.24, 2.45) is 0 Å². The first-order valence-corrected chi connectivity index (χ1v) is 6.13. The minimum atomic E-state index is -0.0742. The average Bonchev–Trinajstić information content (AvgIpc) is 2.54. The van der Waals surface area contributed by atoms with E-state index in [-0.39, 0.29) is 17.3 Å². The van der Waals surface area contributed by atoms with Crippen molar-refractivity contribution in [1.82, 2.24) is 4.57 Å². The first-order chi connectivity index (χ1) is 7.61. The quantitative estimate of drug-likeness (QED) is 0.684. The van der Waals surface area contributed by atoms with Gasteiger partial charge in [-0.05, 0) is 18.2 Å². The molecule has 0 aliphatic heterocycles. The van der Waals surface area contributed by atoms with Gasteiger partial charge in [-0.2, -0.15) is 0 Å². The Labute approximate surface area is 104 Å². The number of methoxy groups -OCH3 is 1. The summed E-state index contributed by atoms with van der Waals surface area (Å²) in [6.07, 6.45) is 0. The van der Waals surface area contributed by atoms with Crippen molar-refractivity contribution in [2.75, 3.05) is 7.11 Å². The van der Waals surface area contributed by atoms with E-state index >= 15 is 0 Å². The largest absolute Gasteiger partial charge is 0.483 e. The summed E-state index contributed by atoms with van der Waals surface area (Å²) in [5, 5.41) is 7.44. The summed E-state index contributed by atoms with van der Waals surface area (Å²) in [5.74, 6) is 0.0738. The molecule has 6 heteroatoms. The van der Waals surface area contributed by atoms with Crippen LogP contribution in [0.2, 0.25) is 0 Å². The normalized spacial score (nSPS) is 10.6. The van der Waals surface area contributed by atoms with Crippen molar-refractivity contribution in [3.63, 3.8) is 0 Å². The summed E-state index contributed by atoms with van der Waals surface area (Å²) in [5.41, 5.74) is 0.833. The van der Waals surface area contributed by atoms with Gasteiger partial charge in [-0.25, -0.2) is 0 Å². The third-order valence-corrected chi connectivity index (χ3v) is 3.61. The highest BCUT2D eigenvalue weighted by molar-refractivity contribution is 9.10. The molecule has 1 heterocycles. The van der Waals surface area contributed by atoms with Crippen LogP contribution in [0.15, 0.2) is 27.5 Å². The third kappa shape index (κ3) is 2.03. The Balaban J connectivity index is 2.56. The fraction of sp³-hybridized carbons (Fsp3) is 0.200. The number of nitrogens with one attached hydrogen (secondary N) is 1. The predicted molar refractivity (Wildman–Crippen MR) is 68.5 cm³/mol. The average molecular weight is 301 g/mol. The summed E-state index contributed by atoms with van der Waals surface area (Å²) >= 11 is 4.53. The number of fused-ring (bicyclic) bond motifs is 1. The lowest BCUT2D eigenvalue weighted by Gasteiger charge is -2.03. The second-order valence-corrected chi connectivity index (χ2v) is 5.10. The first-order valence-electron chi connectivity index (χ1n) is 4.52. The van der Waals surface area contributed by atoms with Gasteiger partial charge in [0.2, 0.25) is 5.90 Å². The fourth-order valence-electron chi connectivity index (χ4n) is 1.40. The van der Waals surface area contributed by atoms with Crippen molar-refractivity contribution in [2.45, 2.75) is 6.54 Å². The van der Waals surface area contributed by atoms with Crippen molar-refractivity contribution < 1.29 is 4.74 Å². The molecule has 2 rings (SSSR count). The van der Waals surface area contributed by atoms with Crippen LogP contribution in [0.3, 0.4) is 0 Å². The zero-order valence-corrected chi connectivity index (χ0v) is 10.9. The molecule has 0 aliphatic rings. The molecule has 1 N–H and O–H groups in total. The Bertz CT molecular complexity index is 602. The number of thiazole rings is 1. The first kappa shape index (κ1) is 11.3. The summed E-state index contributed by atoms with van der Waals surface area (Å²) < 4.78 is 8.16. The van der Waals surface area contributed by atoms with Gasteiger partial charge in [-0.1, -0.05) is 27.3 Å². The van der Waals surface area contributed by atoms with Crippen molar-refractivity contribution >= 4 is 43.4 Å². The fourth-order valence-corrected chi connectivity index (χ4v) is 2.84. The Morgan fingerprint density at radius 2 is 2.38 bits per heavy atom. The molecule has 0 saturated heterocycles. The maximum atomic E-state index is 11.7. The minimum absolute atomic E-state index is 0.0738. The molecule has 0 amide bonds. The van der Waals surface area contributed by atoms with E-state index in [4.69, 9.17) is 10.1 Å². The van der Waals surface area contributed by atoms with E-state index in [1.807, 2.05) is 18.2 Å². The monoisotopic (exact) mass is 300 g/mol.